The lowest BCUT2D eigenvalue weighted by Gasteiger charge is -2.15. The summed E-state index contributed by atoms with van der Waals surface area (Å²) in [5.41, 5.74) is 1.95. The first-order valence-electron chi connectivity index (χ1n) is 6.56. The summed E-state index contributed by atoms with van der Waals surface area (Å²) >= 11 is 0. The smallest absolute Gasteiger partial charge is 0.150 e. The Morgan fingerprint density at radius 2 is 2.14 bits per heavy atom. The number of hydrogen-bond donors (Lipinski definition) is 1. The number of rotatable bonds is 4. The third-order valence-corrected chi connectivity index (χ3v) is 3.13. The first kappa shape index (κ1) is 13.2. The van der Waals surface area contributed by atoms with Crippen molar-refractivity contribution in [2.24, 2.45) is 0 Å². The zero-order chi connectivity index (χ0) is 14.7. The molecular weight excluding hydrogens is 269 g/mol. The molecule has 1 atom stereocenters. The maximum atomic E-state index is 14.1. The SMILES string of the molecule is CC(Nc1ccc(-n2cncn2)c(F)c1)c1ccccn1. The summed E-state index contributed by atoms with van der Waals surface area (Å²) in [5.74, 6) is -0.362. The van der Waals surface area contributed by atoms with Crippen LogP contribution in [-0.2, 0) is 0 Å². The second-order valence-electron chi connectivity index (χ2n) is 4.63. The summed E-state index contributed by atoms with van der Waals surface area (Å²) in [7, 11) is 0. The van der Waals surface area contributed by atoms with Gasteiger partial charge in [0.25, 0.3) is 0 Å². The van der Waals surface area contributed by atoms with E-state index in [0.717, 1.165) is 5.69 Å². The highest BCUT2D eigenvalue weighted by atomic mass is 19.1. The number of hydrogen-bond acceptors (Lipinski definition) is 4. The third kappa shape index (κ3) is 2.89. The average Bonchev–Trinajstić information content (AvgIpc) is 3.02. The number of halogens is 1. The largest absolute Gasteiger partial charge is 0.377 e. The number of pyridine rings is 1. The van der Waals surface area contributed by atoms with E-state index in [2.05, 4.69) is 20.4 Å². The van der Waals surface area contributed by atoms with Gasteiger partial charge in [-0.05, 0) is 37.3 Å². The molecule has 6 heteroatoms. The van der Waals surface area contributed by atoms with Crippen LogP contribution in [0.25, 0.3) is 5.69 Å². The standard InChI is InChI=1S/C15H14FN5/c1-11(14-4-2-3-7-18-14)20-12-5-6-15(13(16)8-12)21-10-17-9-19-21/h2-11,20H,1H3. The quantitative estimate of drug-likeness (QED) is 0.799. The Hall–Kier alpha value is -2.76. The van der Waals surface area contributed by atoms with Crippen LogP contribution in [-0.4, -0.2) is 19.7 Å². The minimum Gasteiger partial charge on any atom is -0.377 e. The van der Waals surface area contributed by atoms with Gasteiger partial charge in [-0.15, -0.1) is 0 Å². The number of benzene rings is 1. The summed E-state index contributed by atoms with van der Waals surface area (Å²) in [6.07, 6.45) is 4.57. The van der Waals surface area contributed by atoms with Crippen molar-refractivity contribution in [3.8, 4) is 5.69 Å². The van der Waals surface area contributed by atoms with Crippen LogP contribution in [0.1, 0.15) is 18.7 Å². The van der Waals surface area contributed by atoms with Crippen LogP contribution in [0.5, 0.6) is 0 Å². The summed E-state index contributed by atoms with van der Waals surface area (Å²) < 4.78 is 15.5. The van der Waals surface area contributed by atoms with Gasteiger partial charge in [0.15, 0.2) is 5.82 Å². The monoisotopic (exact) mass is 283 g/mol. The first-order chi connectivity index (χ1) is 10.2. The van der Waals surface area contributed by atoms with E-state index in [1.54, 1.807) is 18.3 Å². The molecule has 21 heavy (non-hydrogen) atoms. The molecule has 0 bridgehead atoms. The van der Waals surface area contributed by atoms with Gasteiger partial charge in [0.2, 0.25) is 0 Å². The van der Waals surface area contributed by atoms with Gasteiger partial charge in [-0.1, -0.05) is 6.07 Å². The number of nitrogens with one attached hydrogen (secondary N) is 1. The highest BCUT2D eigenvalue weighted by Gasteiger charge is 2.09. The molecule has 0 fully saturated rings. The van der Waals surface area contributed by atoms with E-state index in [-0.39, 0.29) is 11.9 Å². The van der Waals surface area contributed by atoms with E-state index in [0.29, 0.717) is 11.4 Å². The molecule has 1 unspecified atom stereocenters. The molecule has 3 aromatic rings. The van der Waals surface area contributed by atoms with Gasteiger partial charge in [0, 0.05) is 11.9 Å². The molecule has 0 saturated carbocycles. The zero-order valence-corrected chi connectivity index (χ0v) is 11.4. The van der Waals surface area contributed by atoms with Gasteiger partial charge in [0.05, 0.1) is 11.7 Å². The minimum absolute atomic E-state index is 0.0113. The van der Waals surface area contributed by atoms with Gasteiger partial charge >= 0.3 is 0 Å². The van der Waals surface area contributed by atoms with Crippen molar-refractivity contribution >= 4 is 5.69 Å². The Morgan fingerprint density at radius 1 is 1.24 bits per heavy atom. The Balaban J connectivity index is 1.80. The number of nitrogens with zero attached hydrogens (tertiary/aromatic N) is 4. The maximum absolute atomic E-state index is 14.1. The van der Waals surface area contributed by atoms with Crippen molar-refractivity contribution in [2.45, 2.75) is 13.0 Å². The van der Waals surface area contributed by atoms with Crippen molar-refractivity contribution in [2.75, 3.05) is 5.32 Å². The van der Waals surface area contributed by atoms with Crippen molar-refractivity contribution in [3.05, 3.63) is 66.8 Å². The van der Waals surface area contributed by atoms with Crippen molar-refractivity contribution in [3.63, 3.8) is 0 Å². The molecule has 2 aromatic heterocycles. The second-order valence-corrected chi connectivity index (χ2v) is 4.63. The van der Waals surface area contributed by atoms with Gasteiger partial charge in [-0.3, -0.25) is 4.98 Å². The number of aromatic nitrogens is 4. The van der Waals surface area contributed by atoms with E-state index >= 15 is 0 Å². The van der Waals surface area contributed by atoms with E-state index in [9.17, 15) is 4.39 Å². The van der Waals surface area contributed by atoms with Crippen LogP contribution in [0.2, 0.25) is 0 Å². The predicted molar refractivity (Wildman–Crippen MR) is 77.6 cm³/mol. The van der Waals surface area contributed by atoms with Crippen molar-refractivity contribution < 1.29 is 4.39 Å². The Kier molecular flexibility index (Phi) is 3.59. The molecule has 0 amide bonds. The van der Waals surface area contributed by atoms with Gasteiger partial charge in [-0.25, -0.2) is 14.1 Å². The van der Waals surface area contributed by atoms with Gasteiger partial charge < -0.3 is 5.32 Å². The predicted octanol–water partition coefficient (Wildman–Crippen LogP) is 2.97. The summed E-state index contributed by atoms with van der Waals surface area (Å²) in [4.78, 5) is 8.09. The van der Waals surface area contributed by atoms with Crippen molar-refractivity contribution in [1.82, 2.24) is 19.7 Å². The fraction of sp³-hybridized carbons (Fsp3) is 0.133. The lowest BCUT2D eigenvalue weighted by molar-refractivity contribution is 0.610. The second kappa shape index (κ2) is 5.70. The highest BCUT2D eigenvalue weighted by Crippen LogP contribution is 2.21. The zero-order valence-electron chi connectivity index (χ0n) is 11.4. The topological polar surface area (TPSA) is 55.6 Å². The molecule has 1 N–H and O–H groups in total. The lowest BCUT2D eigenvalue weighted by Crippen LogP contribution is -2.09. The van der Waals surface area contributed by atoms with Crippen LogP contribution in [0, 0.1) is 5.82 Å². The molecule has 0 spiro atoms. The molecule has 2 heterocycles. The van der Waals surface area contributed by atoms with Crippen molar-refractivity contribution in [1.29, 1.82) is 0 Å². The van der Waals surface area contributed by atoms with E-state index < -0.39 is 0 Å². The Bertz CT molecular complexity index is 712. The van der Waals surface area contributed by atoms with Gasteiger partial charge in [-0.2, -0.15) is 5.10 Å². The average molecular weight is 283 g/mol. The molecule has 106 valence electrons. The Labute approximate surface area is 121 Å². The van der Waals surface area contributed by atoms with Crippen LogP contribution >= 0.6 is 0 Å². The van der Waals surface area contributed by atoms with E-state index in [1.165, 1.54) is 23.4 Å². The van der Waals surface area contributed by atoms with Crippen LogP contribution in [0.15, 0.2) is 55.2 Å². The fourth-order valence-electron chi connectivity index (χ4n) is 2.07. The maximum Gasteiger partial charge on any atom is 0.150 e. The number of anilines is 1. The molecule has 5 nitrogen and oxygen atoms in total. The van der Waals surface area contributed by atoms with E-state index in [1.807, 2.05) is 25.1 Å². The summed E-state index contributed by atoms with van der Waals surface area (Å²) in [6.45, 7) is 1.98. The molecule has 3 rings (SSSR count). The van der Waals surface area contributed by atoms with E-state index in [4.69, 9.17) is 0 Å². The minimum atomic E-state index is -0.362. The summed E-state index contributed by atoms with van der Waals surface area (Å²) in [6, 6.07) is 10.6. The molecule has 0 aliphatic heterocycles. The highest BCUT2D eigenvalue weighted by molar-refractivity contribution is 5.50. The molecule has 0 radical (unpaired) electrons. The molecule has 0 aliphatic rings. The molecule has 1 aromatic carbocycles. The van der Waals surface area contributed by atoms with Gasteiger partial charge in [0.1, 0.15) is 18.3 Å². The first-order valence-corrected chi connectivity index (χ1v) is 6.56. The summed E-state index contributed by atoms with van der Waals surface area (Å²) in [5, 5.41) is 7.14. The fourth-order valence-corrected chi connectivity index (χ4v) is 2.07. The normalized spacial score (nSPS) is 12.1. The van der Waals surface area contributed by atoms with Crippen LogP contribution < -0.4 is 5.32 Å². The lowest BCUT2D eigenvalue weighted by atomic mass is 10.2. The molecular formula is C15H14FN5. The Morgan fingerprint density at radius 3 is 2.81 bits per heavy atom. The molecule has 0 saturated heterocycles. The van der Waals surface area contributed by atoms with Crippen LogP contribution in [0.4, 0.5) is 10.1 Å². The molecule has 0 aliphatic carbocycles. The van der Waals surface area contributed by atoms with Crippen LogP contribution in [0.3, 0.4) is 0 Å². The third-order valence-electron chi connectivity index (χ3n) is 3.13.